The molecular formula is C12H6BrClF3N3O. The summed E-state index contributed by atoms with van der Waals surface area (Å²) in [5, 5.41) is 2.41. The molecule has 0 atom stereocenters. The second-order valence-electron chi connectivity index (χ2n) is 3.88. The van der Waals surface area contributed by atoms with Gasteiger partial charge in [-0.15, -0.1) is 0 Å². The fourth-order valence-electron chi connectivity index (χ4n) is 1.54. The number of carbonyl (C=O) groups excluding carboxylic acids is 1. The van der Waals surface area contributed by atoms with Crippen LogP contribution in [0.25, 0.3) is 0 Å². The number of carbonyl (C=O) groups is 1. The third kappa shape index (κ3) is 3.11. The molecule has 4 nitrogen and oxygen atoms in total. The number of hydrogen-bond donors (Lipinski definition) is 2. The molecule has 0 aliphatic heterocycles. The Labute approximate surface area is 130 Å². The van der Waals surface area contributed by atoms with Gasteiger partial charge >= 0.3 is 0 Å². The number of nitrogens with two attached hydrogens (primary N) is 1. The Bertz CT molecular complexity index is 742. The van der Waals surface area contributed by atoms with Crippen LogP contribution >= 0.6 is 27.5 Å². The van der Waals surface area contributed by atoms with Crippen LogP contribution in [-0.4, -0.2) is 10.9 Å². The summed E-state index contributed by atoms with van der Waals surface area (Å²) < 4.78 is 40.8. The Kier molecular flexibility index (Phi) is 4.38. The highest BCUT2D eigenvalue weighted by molar-refractivity contribution is 9.10. The lowest BCUT2D eigenvalue weighted by Crippen LogP contribution is -2.16. The van der Waals surface area contributed by atoms with E-state index < -0.39 is 34.6 Å². The average Bonchev–Trinajstić information content (AvgIpc) is 2.41. The number of pyridine rings is 1. The van der Waals surface area contributed by atoms with Crippen molar-refractivity contribution in [3.05, 3.63) is 50.8 Å². The van der Waals surface area contributed by atoms with Gasteiger partial charge in [0.2, 0.25) is 0 Å². The smallest absolute Gasteiger partial charge is 0.251 e. The number of anilines is 2. The van der Waals surface area contributed by atoms with Gasteiger partial charge in [-0.25, -0.2) is 18.2 Å². The maximum absolute atomic E-state index is 13.8. The summed E-state index contributed by atoms with van der Waals surface area (Å²) in [7, 11) is 0. The summed E-state index contributed by atoms with van der Waals surface area (Å²) in [6, 6.07) is 1.94. The molecule has 2 aromatic rings. The molecule has 2 rings (SSSR count). The Balaban J connectivity index is 2.57. The summed E-state index contributed by atoms with van der Waals surface area (Å²) in [4.78, 5) is 15.1. The zero-order valence-electron chi connectivity index (χ0n) is 10.1. The average molecular weight is 381 g/mol. The maximum Gasteiger partial charge on any atom is 0.251 e. The van der Waals surface area contributed by atoms with E-state index in [9.17, 15) is 18.0 Å². The first-order valence-corrected chi connectivity index (χ1v) is 6.53. The Morgan fingerprint density at radius 1 is 1.29 bits per heavy atom. The van der Waals surface area contributed by atoms with E-state index >= 15 is 0 Å². The number of halogens is 5. The van der Waals surface area contributed by atoms with Crippen molar-refractivity contribution in [3.8, 4) is 0 Å². The van der Waals surface area contributed by atoms with Crippen molar-refractivity contribution in [2.45, 2.75) is 0 Å². The molecule has 110 valence electrons. The molecule has 1 amide bonds. The Morgan fingerprint density at radius 3 is 2.52 bits per heavy atom. The maximum atomic E-state index is 13.8. The van der Waals surface area contributed by atoms with Crippen molar-refractivity contribution in [2.75, 3.05) is 5.32 Å². The monoisotopic (exact) mass is 379 g/mol. The van der Waals surface area contributed by atoms with Crippen molar-refractivity contribution in [1.29, 1.82) is 0 Å². The van der Waals surface area contributed by atoms with E-state index in [4.69, 9.17) is 17.3 Å². The van der Waals surface area contributed by atoms with Gasteiger partial charge in [-0.1, -0.05) is 11.6 Å². The standard InChI is InChI=1S/C12H6BrClF3N3O/c13-4-1-6(14)12(19-3-4)20-10-5(11(18)21)2-7(15)8(16)9(10)17/h1-3H,(H2,18,21)(H,19,20). The topological polar surface area (TPSA) is 68.0 Å². The summed E-state index contributed by atoms with van der Waals surface area (Å²) in [5.41, 5.74) is 3.82. The minimum Gasteiger partial charge on any atom is -0.366 e. The minimum absolute atomic E-state index is 0.0488. The molecule has 0 aliphatic carbocycles. The van der Waals surface area contributed by atoms with E-state index in [1.165, 1.54) is 12.3 Å². The number of amides is 1. The van der Waals surface area contributed by atoms with E-state index in [0.29, 0.717) is 10.5 Å². The van der Waals surface area contributed by atoms with Gasteiger partial charge in [0, 0.05) is 10.7 Å². The molecule has 1 heterocycles. The molecule has 0 fully saturated rings. The first kappa shape index (κ1) is 15.6. The number of primary amides is 1. The number of benzene rings is 1. The largest absolute Gasteiger partial charge is 0.366 e. The van der Waals surface area contributed by atoms with Gasteiger partial charge in [0.15, 0.2) is 17.5 Å². The molecule has 3 N–H and O–H groups in total. The van der Waals surface area contributed by atoms with Crippen LogP contribution in [0, 0.1) is 17.5 Å². The zero-order chi connectivity index (χ0) is 15.7. The number of aromatic nitrogens is 1. The van der Waals surface area contributed by atoms with Gasteiger partial charge in [0.1, 0.15) is 5.82 Å². The highest BCUT2D eigenvalue weighted by Crippen LogP contribution is 2.31. The fourth-order valence-corrected chi connectivity index (χ4v) is 2.21. The van der Waals surface area contributed by atoms with Crippen LogP contribution in [0.1, 0.15) is 10.4 Å². The molecule has 1 aromatic heterocycles. The second-order valence-corrected chi connectivity index (χ2v) is 5.21. The predicted octanol–water partition coefficient (Wildman–Crippen LogP) is 3.76. The van der Waals surface area contributed by atoms with E-state index in [-0.39, 0.29) is 10.8 Å². The number of rotatable bonds is 3. The van der Waals surface area contributed by atoms with Crippen molar-refractivity contribution >= 4 is 44.9 Å². The molecule has 9 heteroatoms. The van der Waals surface area contributed by atoms with Crippen molar-refractivity contribution in [1.82, 2.24) is 4.98 Å². The van der Waals surface area contributed by atoms with Crippen LogP contribution in [0.2, 0.25) is 5.02 Å². The third-order valence-corrected chi connectivity index (χ3v) is 3.20. The molecule has 0 radical (unpaired) electrons. The van der Waals surface area contributed by atoms with Crippen LogP contribution in [0.4, 0.5) is 24.7 Å². The van der Waals surface area contributed by atoms with Gasteiger partial charge < -0.3 is 11.1 Å². The molecular weight excluding hydrogens is 375 g/mol. The lowest BCUT2D eigenvalue weighted by Gasteiger charge is -2.12. The lowest BCUT2D eigenvalue weighted by atomic mass is 10.1. The third-order valence-electron chi connectivity index (χ3n) is 2.48. The first-order valence-electron chi connectivity index (χ1n) is 5.36. The molecule has 21 heavy (non-hydrogen) atoms. The normalized spacial score (nSPS) is 10.5. The molecule has 1 aromatic carbocycles. The number of nitrogens with zero attached hydrogens (tertiary/aromatic N) is 1. The number of hydrogen-bond acceptors (Lipinski definition) is 3. The summed E-state index contributed by atoms with van der Waals surface area (Å²) in [5.74, 6) is -6.04. The predicted molar refractivity (Wildman–Crippen MR) is 75.1 cm³/mol. The SMILES string of the molecule is NC(=O)c1cc(F)c(F)c(F)c1Nc1ncc(Br)cc1Cl. The molecule has 0 bridgehead atoms. The van der Waals surface area contributed by atoms with Gasteiger partial charge in [-0.05, 0) is 28.1 Å². The quantitative estimate of drug-likeness (QED) is 0.797. The molecule has 0 saturated carbocycles. The first-order chi connectivity index (χ1) is 9.81. The lowest BCUT2D eigenvalue weighted by molar-refractivity contribution is 0.1000. The zero-order valence-corrected chi connectivity index (χ0v) is 12.4. The van der Waals surface area contributed by atoms with Gasteiger partial charge in [-0.3, -0.25) is 4.79 Å². The highest BCUT2D eigenvalue weighted by Gasteiger charge is 2.22. The van der Waals surface area contributed by atoms with Crippen LogP contribution in [0.15, 0.2) is 22.8 Å². The molecule has 0 unspecified atom stereocenters. The van der Waals surface area contributed by atoms with Crippen molar-refractivity contribution in [2.24, 2.45) is 5.73 Å². The fraction of sp³-hybridized carbons (Fsp3) is 0. The van der Waals surface area contributed by atoms with Crippen molar-refractivity contribution in [3.63, 3.8) is 0 Å². The Hall–Kier alpha value is -1.80. The number of nitrogens with one attached hydrogen (secondary N) is 1. The van der Waals surface area contributed by atoms with E-state index in [2.05, 4.69) is 26.2 Å². The van der Waals surface area contributed by atoms with E-state index in [0.717, 1.165) is 0 Å². The van der Waals surface area contributed by atoms with Crippen LogP contribution in [0.5, 0.6) is 0 Å². The molecule has 0 saturated heterocycles. The minimum atomic E-state index is -1.74. The van der Waals surface area contributed by atoms with Crippen LogP contribution in [0.3, 0.4) is 0 Å². The molecule has 0 spiro atoms. The summed E-state index contributed by atoms with van der Waals surface area (Å²) in [6.07, 6.45) is 1.34. The van der Waals surface area contributed by atoms with Crippen LogP contribution in [-0.2, 0) is 0 Å². The van der Waals surface area contributed by atoms with Gasteiger partial charge in [0.05, 0.1) is 16.3 Å². The second kappa shape index (κ2) is 5.90. The van der Waals surface area contributed by atoms with Crippen LogP contribution < -0.4 is 11.1 Å². The van der Waals surface area contributed by atoms with Crippen molar-refractivity contribution < 1.29 is 18.0 Å². The Morgan fingerprint density at radius 2 is 1.95 bits per heavy atom. The summed E-state index contributed by atoms with van der Waals surface area (Å²) >= 11 is 9.00. The highest BCUT2D eigenvalue weighted by atomic mass is 79.9. The summed E-state index contributed by atoms with van der Waals surface area (Å²) in [6.45, 7) is 0. The van der Waals surface area contributed by atoms with Gasteiger partial charge in [-0.2, -0.15) is 0 Å². The molecule has 0 aliphatic rings. The van der Waals surface area contributed by atoms with Gasteiger partial charge in [0.25, 0.3) is 5.91 Å². The van der Waals surface area contributed by atoms with E-state index in [1.807, 2.05) is 0 Å². The van der Waals surface area contributed by atoms with E-state index in [1.54, 1.807) is 0 Å².